The van der Waals surface area contributed by atoms with Gasteiger partial charge in [0.15, 0.2) is 5.96 Å². The van der Waals surface area contributed by atoms with Gasteiger partial charge in [0.05, 0.1) is 11.5 Å². The number of hydrogen-bond donors (Lipinski definition) is 2. The zero-order valence-corrected chi connectivity index (χ0v) is 17.0. The van der Waals surface area contributed by atoms with E-state index in [-0.39, 0.29) is 35.5 Å². The molecular weight excluding hydrogens is 437 g/mol. The van der Waals surface area contributed by atoms with Gasteiger partial charge in [-0.25, -0.2) is 8.42 Å². The Labute approximate surface area is 161 Å². The molecule has 134 valence electrons. The van der Waals surface area contributed by atoms with Gasteiger partial charge in [0.2, 0.25) is 0 Å². The molecule has 1 saturated heterocycles. The number of aliphatic imine (C=N–C) groups is 1. The van der Waals surface area contributed by atoms with Gasteiger partial charge in [-0.1, -0.05) is 12.1 Å². The van der Waals surface area contributed by atoms with Crippen LogP contribution in [0.15, 0.2) is 23.2 Å². The summed E-state index contributed by atoms with van der Waals surface area (Å²) < 4.78 is 22.9. The van der Waals surface area contributed by atoms with Crippen LogP contribution in [-0.2, 0) is 22.7 Å². The van der Waals surface area contributed by atoms with Crippen molar-refractivity contribution in [3.63, 3.8) is 0 Å². The molecule has 7 heteroatoms. The van der Waals surface area contributed by atoms with E-state index in [1.165, 1.54) is 24.0 Å². The minimum atomic E-state index is -2.81. The lowest BCUT2D eigenvalue weighted by atomic mass is 9.90. The molecule has 0 atom stereocenters. The SMILES string of the molecule is I.NC(=NCC1CCS(=O)(=O)CC1)Nc1cccc2c1CCCC2. The Morgan fingerprint density at radius 2 is 1.92 bits per heavy atom. The molecule has 0 amide bonds. The van der Waals surface area contributed by atoms with Crippen LogP contribution in [0.5, 0.6) is 0 Å². The topological polar surface area (TPSA) is 84.5 Å². The number of rotatable bonds is 3. The van der Waals surface area contributed by atoms with E-state index in [1.807, 2.05) is 0 Å². The predicted molar refractivity (Wildman–Crippen MR) is 110 cm³/mol. The van der Waals surface area contributed by atoms with Gasteiger partial charge in [-0.2, -0.15) is 0 Å². The molecule has 2 aliphatic rings. The standard InChI is InChI=1S/C17H25N3O2S.HI/c18-17(19-12-13-8-10-23(21,22)11-9-13)20-16-7-3-5-14-4-1-2-6-15(14)16;/h3,5,7,13H,1-2,4,6,8-12H2,(H3,18,19,20);1H. The molecule has 3 rings (SSSR count). The van der Waals surface area contributed by atoms with Crippen LogP contribution >= 0.6 is 24.0 Å². The molecule has 24 heavy (non-hydrogen) atoms. The van der Waals surface area contributed by atoms with Gasteiger partial charge < -0.3 is 11.1 Å². The van der Waals surface area contributed by atoms with Crippen molar-refractivity contribution in [3.05, 3.63) is 29.3 Å². The quantitative estimate of drug-likeness (QED) is 0.410. The number of fused-ring (bicyclic) bond motifs is 1. The number of sulfone groups is 1. The number of anilines is 1. The zero-order valence-electron chi connectivity index (χ0n) is 13.8. The van der Waals surface area contributed by atoms with E-state index in [0.29, 0.717) is 31.3 Å². The van der Waals surface area contributed by atoms with Gasteiger partial charge >= 0.3 is 0 Å². The smallest absolute Gasteiger partial charge is 0.193 e. The van der Waals surface area contributed by atoms with Crippen LogP contribution in [0.25, 0.3) is 0 Å². The Bertz CT molecular complexity index is 690. The summed E-state index contributed by atoms with van der Waals surface area (Å²) in [4.78, 5) is 4.43. The number of guanidine groups is 1. The lowest BCUT2D eigenvalue weighted by molar-refractivity contribution is 0.475. The third-order valence-corrected chi connectivity index (χ3v) is 6.57. The van der Waals surface area contributed by atoms with Crippen LogP contribution < -0.4 is 11.1 Å². The maximum absolute atomic E-state index is 11.4. The Balaban J connectivity index is 0.00000208. The monoisotopic (exact) mass is 463 g/mol. The highest BCUT2D eigenvalue weighted by Gasteiger charge is 2.23. The molecule has 1 aliphatic heterocycles. The van der Waals surface area contributed by atoms with E-state index >= 15 is 0 Å². The minimum absolute atomic E-state index is 0. The summed E-state index contributed by atoms with van der Waals surface area (Å²) in [5, 5.41) is 3.24. The van der Waals surface area contributed by atoms with Gasteiger partial charge in [-0.05, 0) is 61.6 Å². The Morgan fingerprint density at radius 1 is 1.21 bits per heavy atom. The third-order valence-electron chi connectivity index (χ3n) is 4.85. The molecule has 3 N–H and O–H groups in total. The minimum Gasteiger partial charge on any atom is -0.370 e. The van der Waals surface area contributed by atoms with E-state index in [9.17, 15) is 8.42 Å². The summed E-state index contributed by atoms with van der Waals surface area (Å²) in [7, 11) is -2.81. The molecule has 0 radical (unpaired) electrons. The van der Waals surface area contributed by atoms with Crippen LogP contribution in [-0.4, -0.2) is 32.4 Å². The summed E-state index contributed by atoms with van der Waals surface area (Å²) in [6.07, 6.45) is 6.09. The van der Waals surface area contributed by atoms with E-state index in [4.69, 9.17) is 5.73 Å². The molecule has 1 aromatic rings. The zero-order chi connectivity index (χ0) is 16.3. The van der Waals surface area contributed by atoms with E-state index in [2.05, 4.69) is 28.5 Å². The van der Waals surface area contributed by atoms with Crippen LogP contribution in [0.4, 0.5) is 5.69 Å². The number of hydrogen-bond acceptors (Lipinski definition) is 3. The fourth-order valence-corrected chi connectivity index (χ4v) is 5.01. The van der Waals surface area contributed by atoms with Crippen molar-refractivity contribution in [1.82, 2.24) is 0 Å². The molecule has 5 nitrogen and oxygen atoms in total. The first kappa shape index (κ1) is 19.5. The fraction of sp³-hybridized carbons (Fsp3) is 0.588. The lowest BCUT2D eigenvalue weighted by Gasteiger charge is -2.21. The number of nitrogens with two attached hydrogens (primary N) is 1. The Kier molecular flexibility index (Phi) is 6.91. The highest BCUT2D eigenvalue weighted by atomic mass is 127. The lowest BCUT2D eigenvalue weighted by Crippen LogP contribution is -2.28. The van der Waals surface area contributed by atoms with Crippen LogP contribution in [0.3, 0.4) is 0 Å². The Morgan fingerprint density at radius 3 is 2.67 bits per heavy atom. The van der Waals surface area contributed by atoms with E-state index in [0.717, 1.165) is 18.5 Å². The highest BCUT2D eigenvalue weighted by molar-refractivity contribution is 14.0. The molecule has 1 aromatic carbocycles. The molecule has 0 spiro atoms. The maximum Gasteiger partial charge on any atom is 0.193 e. The van der Waals surface area contributed by atoms with Gasteiger partial charge in [-0.3, -0.25) is 4.99 Å². The van der Waals surface area contributed by atoms with Gasteiger partial charge in [0, 0.05) is 12.2 Å². The first-order valence-corrected chi connectivity index (χ1v) is 10.2. The summed E-state index contributed by atoms with van der Waals surface area (Å²) >= 11 is 0. The van der Waals surface area contributed by atoms with Gasteiger partial charge in [-0.15, -0.1) is 24.0 Å². The summed E-state index contributed by atoms with van der Waals surface area (Å²) in [5.74, 6) is 1.32. The number of nitrogens with zero attached hydrogens (tertiary/aromatic N) is 1. The summed E-state index contributed by atoms with van der Waals surface area (Å²) in [6.45, 7) is 0.601. The Hall–Kier alpha value is -0.830. The molecule has 1 aliphatic carbocycles. The highest BCUT2D eigenvalue weighted by Crippen LogP contribution is 2.27. The van der Waals surface area contributed by atoms with Crippen LogP contribution in [0.1, 0.15) is 36.8 Å². The second-order valence-corrected chi connectivity index (χ2v) is 8.90. The second-order valence-electron chi connectivity index (χ2n) is 6.60. The largest absolute Gasteiger partial charge is 0.370 e. The first-order chi connectivity index (χ1) is 11.0. The number of aryl methyl sites for hydroxylation is 1. The van der Waals surface area contributed by atoms with Crippen molar-refractivity contribution < 1.29 is 8.42 Å². The van der Waals surface area contributed by atoms with Crippen LogP contribution in [0, 0.1) is 5.92 Å². The normalized spacial score (nSPS) is 20.8. The molecule has 0 unspecified atom stereocenters. The van der Waals surface area contributed by atoms with Crippen molar-refractivity contribution in [3.8, 4) is 0 Å². The molecule has 0 bridgehead atoms. The molecular formula is C17H26IN3O2S. The van der Waals surface area contributed by atoms with E-state index < -0.39 is 9.84 Å². The summed E-state index contributed by atoms with van der Waals surface area (Å²) in [6, 6.07) is 6.31. The average molecular weight is 463 g/mol. The molecule has 1 fully saturated rings. The van der Waals surface area contributed by atoms with Crippen molar-refractivity contribution >= 4 is 45.5 Å². The number of halogens is 1. The average Bonchev–Trinajstić information content (AvgIpc) is 2.54. The van der Waals surface area contributed by atoms with E-state index in [1.54, 1.807) is 0 Å². The third kappa shape index (κ3) is 5.08. The second kappa shape index (κ2) is 8.51. The van der Waals surface area contributed by atoms with Crippen LogP contribution in [0.2, 0.25) is 0 Å². The van der Waals surface area contributed by atoms with Crippen molar-refractivity contribution in [2.45, 2.75) is 38.5 Å². The van der Waals surface area contributed by atoms with Gasteiger partial charge in [0.25, 0.3) is 0 Å². The first-order valence-electron chi connectivity index (χ1n) is 8.42. The number of nitrogens with one attached hydrogen (secondary N) is 1. The summed E-state index contributed by atoms with van der Waals surface area (Å²) in [5.41, 5.74) is 9.87. The van der Waals surface area contributed by atoms with Crippen molar-refractivity contribution in [1.29, 1.82) is 0 Å². The van der Waals surface area contributed by atoms with Crippen molar-refractivity contribution in [2.24, 2.45) is 16.6 Å². The predicted octanol–water partition coefficient (Wildman–Crippen LogP) is 2.73. The molecule has 0 aromatic heterocycles. The maximum atomic E-state index is 11.4. The molecule has 0 saturated carbocycles. The van der Waals surface area contributed by atoms with Gasteiger partial charge in [0.1, 0.15) is 9.84 Å². The van der Waals surface area contributed by atoms with Crippen molar-refractivity contribution in [2.75, 3.05) is 23.4 Å². The molecule has 1 heterocycles. The fourth-order valence-electron chi connectivity index (χ4n) is 3.42. The number of benzene rings is 1.